The van der Waals surface area contributed by atoms with Gasteiger partial charge in [-0.1, -0.05) is 33.8 Å². The molecule has 0 radical (unpaired) electrons. The second-order valence-electron chi connectivity index (χ2n) is 11.2. The van der Waals surface area contributed by atoms with Crippen molar-refractivity contribution in [3.05, 3.63) is 75.7 Å². The van der Waals surface area contributed by atoms with E-state index in [-0.39, 0.29) is 34.7 Å². The summed E-state index contributed by atoms with van der Waals surface area (Å²) in [4.78, 5) is 26.3. The summed E-state index contributed by atoms with van der Waals surface area (Å²) in [5.41, 5.74) is 4.81. The molecule has 1 aromatic heterocycles. The number of fused-ring (bicyclic) bond motifs is 1. The fourth-order valence-corrected chi connectivity index (χ4v) is 5.19. The van der Waals surface area contributed by atoms with Crippen LogP contribution in [0.3, 0.4) is 0 Å². The Morgan fingerprint density at radius 1 is 0.842 bits per heavy atom. The average molecular weight is 520 g/mol. The quantitative estimate of drug-likeness (QED) is 0.361. The molecular formula is C31H37NO6. The largest absolute Gasteiger partial charge is 0.493 e. The first-order valence-electron chi connectivity index (χ1n) is 12.8. The maximum atomic E-state index is 13.5. The third-order valence-electron chi connectivity index (χ3n) is 7.67. The maximum absolute atomic E-state index is 13.5. The zero-order valence-corrected chi connectivity index (χ0v) is 23.5. The second kappa shape index (κ2) is 10.2. The highest BCUT2D eigenvalue weighted by Gasteiger charge is 2.38. The van der Waals surface area contributed by atoms with Crippen molar-refractivity contribution >= 4 is 11.7 Å². The van der Waals surface area contributed by atoms with Gasteiger partial charge in [0.2, 0.25) is 11.5 Å². The van der Waals surface area contributed by atoms with Crippen LogP contribution in [0.1, 0.15) is 89.5 Å². The maximum Gasteiger partial charge on any atom is 0.287 e. The SMILES string of the molecule is COc1cc(CNC(=O)c2ccc(C(=O)c3cc4c(cc3C)C(C)(C)CCC4(C)C)o2)cc(OC)c1OC. The van der Waals surface area contributed by atoms with Crippen molar-refractivity contribution < 1.29 is 28.2 Å². The fraction of sp³-hybridized carbons (Fsp3) is 0.419. The fourth-order valence-electron chi connectivity index (χ4n) is 5.19. The Kier molecular flexibility index (Phi) is 7.33. The first-order chi connectivity index (χ1) is 17.9. The van der Waals surface area contributed by atoms with Crippen LogP contribution in [0, 0.1) is 6.92 Å². The Bertz CT molecular complexity index is 1360. The second-order valence-corrected chi connectivity index (χ2v) is 11.2. The minimum absolute atomic E-state index is 0.0192. The monoisotopic (exact) mass is 519 g/mol. The van der Waals surface area contributed by atoms with Gasteiger partial charge in [-0.15, -0.1) is 0 Å². The highest BCUT2D eigenvalue weighted by molar-refractivity contribution is 6.09. The minimum atomic E-state index is -0.428. The minimum Gasteiger partial charge on any atom is -0.493 e. The van der Waals surface area contributed by atoms with Crippen LogP contribution in [-0.2, 0) is 17.4 Å². The molecule has 38 heavy (non-hydrogen) atoms. The molecule has 1 amide bonds. The number of rotatable bonds is 8. The normalized spacial score (nSPS) is 15.4. The van der Waals surface area contributed by atoms with Crippen molar-refractivity contribution in [3.63, 3.8) is 0 Å². The number of nitrogens with one attached hydrogen (secondary N) is 1. The number of aryl methyl sites for hydroxylation is 1. The molecule has 2 aromatic carbocycles. The summed E-state index contributed by atoms with van der Waals surface area (Å²) in [6.07, 6.45) is 2.16. The summed E-state index contributed by atoms with van der Waals surface area (Å²) in [6, 6.07) is 10.8. The first-order valence-corrected chi connectivity index (χ1v) is 12.8. The number of ketones is 1. The Labute approximate surface area is 224 Å². The zero-order valence-electron chi connectivity index (χ0n) is 23.5. The topological polar surface area (TPSA) is 87.0 Å². The third-order valence-corrected chi connectivity index (χ3v) is 7.67. The molecule has 1 N–H and O–H groups in total. The van der Waals surface area contributed by atoms with Gasteiger partial charge in [-0.25, -0.2) is 0 Å². The van der Waals surface area contributed by atoms with E-state index in [1.165, 1.54) is 38.5 Å². The number of methoxy groups -OCH3 is 3. The molecule has 7 nitrogen and oxygen atoms in total. The van der Waals surface area contributed by atoms with Crippen LogP contribution in [-0.4, -0.2) is 33.0 Å². The van der Waals surface area contributed by atoms with Gasteiger partial charge in [-0.05, 0) is 83.2 Å². The number of hydrogen-bond donors (Lipinski definition) is 1. The Morgan fingerprint density at radius 2 is 1.39 bits per heavy atom. The Morgan fingerprint density at radius 3 is 1.95 bits per heavy atom. The Balaban J connectivity index is 1.54. The lowest BCUT2D eigenvalue weighted by molar-refractivity contribution is 0.0917. The summed E-state index contributed by atoms with van der Waals surface area (Å²) in [5.74, 6) is 1.01. The van der Waals surface area contributed by atoms with Gasteiger partial charge in [0.15, 0.2) is 23.0 Å². The summed E-state index contributed by atoms with van der Waals surface area (Å²) in [7, 11) is 4.60. The van der Waals surface area contributed by atoms with Crippen LogP contribution >= 0.6 is 0 Å². The molecule has 202 valence electrons. The molecule has 0 bridgehead atoms. The molecule has 0 saturated heterocycles. The first kappa shape index (κ1) is 27.3. The van der Waals surface area contributed by atoms with E-state index >= 15 is 0 Å². The standard InChI is InChI=1S/C31H37NO6/c1-18-13-21-22(31(4,5)12-11-30(21,2)3)16-20(18)27(33)23-9-10-24(38-23)29(34)32-17-19-14-25(35-6)28(37-8)26(15-19)36-7/h9-10,13-16H,11-12,17H2,1-8H3,(H,32,34). The molecule has 3 aromatic rings. The zero-order chi connectivity index (χ0) is 27.8. The van der Waals surface area contributed by atoms with E-state index in [0.717, 1.165) is 24.0 Å². The molecule has 1 aliphatic rings. The van der Waals surface area contributed by atoms with E-state index in [4.69, 9.17) is 18.6 Å². The number of carbonyl (C=O) groups is 2. The number of furan rings is 1. The molecule has 0 fully saturated rings. The molecule has 7 heteroatoms. The van der Waals surface area contributed by atoms with E-state index in [1.54, 1.807) is 18.2 Å². The van der Waals surface area contributed by atoms with Crippen molar-refractivity contribution in [2.75, 3.05) is 21.3 Å². The molecule has 1 aliphatic carbocycles. The van der Waals surface area contributed by atoms with Gasteiger partial charge < -0.3 is 23.9 Å². The molecular weight excluding hydrogens is 482 g/mol. The van der Waals surface area contributed by atoms with Crippen molar-refractivity contribution in [2.45, 2.75) is 64.8 Å². The van der Waals surface area contributed by atoms with Crippen molar-refractivity contribution in [2.24, 2.45) is 0 Å². The highest BCUT2D eigenvalue weighted by Crippen LogP contribution is 2.46. The number of hydrogen-bond acceptors (Lipinski definition) is 6. The van der Waals surface area contributed by atoms with E-state index in [1.807, 2.05) is 13.0 Å². The van der Waals surface area contributed by atoms with Gasteiger partial charge in [-0.3, -0.25) is 9.59 Å². The molecule has 4 rings (SSSR count). The highest BCUT2D eigenvalue weighted by atomic mass is 16.5. The lowest BCUT2D eigenvalue weighted by Gasteiger charge is -2.42. The van der Waals surface area contributed by atoms with Gasteiger partial charge in [0.1, 0.15) is 0 Å². The predicted octanol–water partition coefficient (Wildman–Crippen LogP) is 6.12. The van der Waals surface area contributed by atoms with E-state index in [2.05, 4.69) is 39.1 Å². The molecule has 0 aliphatic heterocycles. The third kappa shape index (κ3) is 5.02. The van der Waals surface area contributed by atoms with E-state index in [0.29, 0.717) is 22.8 Å². The summed E-state index contributed by atoms with van der Waals surface area (Å²) < 4.78 is 21.8. The van der Waals surface area contributed by atoms with Crippen LogP contribution in [0.25, 0.3) is 0 Å². The van der Waals surface area contributed by atoms with Gasteiger partial charge >= 0.3 is 0 Å². The van der Waals surface area contributed by atoms with Gasteiger partial charge in [-0.2, -0.15) is 0 Å². The molecule has 0 atom stereocenters. The average Bonchev–Trinajstić information content (AvgIpc) is 3.39. The van der Waals surface area contributed by atoms with Crippen LogP contribution < -0.4 is 19.5 Å². The summed E-state index contributed by atoms with van der Waals surface area (Å²) in [6.45, 7) is 11.1. The predicted molar refractivity (Wildman–Crippen MR) is 146 cm³/mol. The van der Waals surface area contributed by atoms with Crippen LogP contribution in [0.4, 0.5) is 0 Å². The number of amides is 1. The molecule has 0 saturated carbocycles. The summed E-state index contributed by atoms with van der Waals surface area (Å²) in [5, 5.41) is 2.82. The van der Waals surface area contributed by atoms with Gasteiger partial charge in [0.05, 0.1) is 21.3 Å². The van der Waals surface area contributed by atoms with E-state index < -0.39 is 5.91 Å². The number of ether oxygens (including phenoxy) is 3. The van der Waals surface area contributed by atoms with Gasteiger partial charge in [0.25, 0.3) is 5.91 Å². The molecule has 0 unspecified atom stereocenters. The number of carbonyl (C=O) groups excluding carboxylic acids is 2. The smallest absolute Gasteiger partial charge is 0.287 e. The number of benzene rings is 2. The van der Waals surface area contributed by atoms with Crippen molar-refractivity contribution in [1.82, 2.24) is 5.32 Å². The van der Waals surface area contributed by atoms with E-state index in [9.17, 15) is 9.59 Å². The van der Waals surface area contributed by atoms with Crippen LogP contribution in [0.15, 0.2) is 40.8 Å². The van der Waals surface area contributed by atoms with Crippen LogP contribution in [0.5, 0.6) is 17.2 Å². The lowest BCUT2D eigenvalue weighted by Crippen LogP contribution is -2.34. The molecule has 1 heterocycles. The molecule has 0 spiro atoms. The summed E-state index contributed by atoms with van der Waals surface area (Å²) >= 11 is 0. The van der Waals surface area contributed by atoms with Crippen molar-refractivity contribution in [1.29, 1.82) is 0 Å². The van der Waals surface area contributed by atoms with Crippen molar-refractivity contribution in [3.8, 4) is 17.2 Å². The van der Waals surface area contributed by atoms with Gasteiger partial charge in [0, 0.05) is 12.1 Å². The Hall–Kier alpha value is -3.74. The van der Waals surface area contributed by atoms with Crippen LogP contribution in [0.2, 0.25) is 0 Å². The lowest BCUT2D eigenvalue weighted by atomic mass is 9.62.